The molecule has 190 valence electrons. The number of phenols is 2. The summed E-state index contributed by atoms with van der Waals surface area (Å²) in [6.45, 7) is 2.29. The van der Waals surface area contributed by atoms with E-state index in [-0.39, 0.29) is 0 Å². The standard InChI is InChI=1S/C32H50O2/c1-2-3-4-5-6-7-8-9-10-11-12-13-14-15-16-17-18-19-32(28-20-24-30(33)25-21-28)29-22-26-31(34)27-23-29/h20-27,32-34H,2-19H2,1H3. The summed E-state index contributed by atoms with van der Waals surface area (Å²) in [5.74, 6) is 0.939. The van der Waals surface area contributed by atoms with E-state index in [0.717, 1.165) is 6.42 Å². The first-order valence-corrected chi connectivity index (χ1v) is 14.3. The van der Waals surface area contributed by atoms with Crippen molar-refractivity contribution in [3.8, 4) is 11.5 Å². The molecule has 0 aliphatic rings. The highest BCUT2D eigenvalue weighted by molar-refractivity contribution is 5.37. The molecule has 34 heavy (non-hydrogen) atoms. The molecule has 0 spiro atoms. The quantitative estimate of drug-likeness (QED) is 0.190. The van der Waals surface area contributed by atoms with E-state index in [1.54, 1.807) is 24.3 Å². The van der Waals surface area contributed by atoms with Crippen LogP contribution in [0.4, 0.5) is 0 Å². The smallest absolute Gasteiger partial charge is 0.115 e. The van der Waals surface area contributed by atoms with Crippen molar-refractivity contribution < 1.29 is 10.2 Å². The van der Waals surface area contributed by atoms with Gasteiger partial charge in [0, 0.05) is 5.92 Å². The van der Waals surface area contributed by atoms with Gasteiger partial charge in [0.25, 0.3) is 0 Å². The summed E-state index contributed by atoms with van der Waals surface area (Å²) in [4.78, 5) is 0. The van der Waals surface area contributed by atoms with Gasteiger partial charge in [0.15, 0.2) is 0 Å². The van der Waals surface area contributed by atoms with Gasteiger partial charge in [-0.25, -0.2) is 0 Å². The SMILES string of the molecule is CCCCCCCCCCCCCCCCCCCC(c1ccc(O)cc1)c1ccc(O)cc1. The molecular weight excluding hydrogens is 416 g/mol. The highest BCUT2D eigenvalue weighted by Gasteiger charge is 2.14. The Labute approximate surface area is 209 Å². The van der Waals surface area contributed by atoms with Gasteiger partial charge in [-0.05, 0) is 41.8 Å². The first kappa shape index (κ1) is 28.3. The summed E-state index contributed by atoms with van der Waals surface area (Å²) in [5.41, 5.74) is 2.47. The molecule has 0 saturated heterocycles. The Morgan fingerprint density at radius 2 is 0.735 bits per heavy atom. The maximum absolute atomic E-state index is 9.64. The zero-order valence-electron chi connectivity index (χ0n) is 21.8. The Morgan fingerprint density at radius 3 is 1.06 bits per heavy atom. The lowest BCUT2D eigenvalue weighted by molar-refractivity contribution is 0.474. The summed E-state index contributed by atoms with van der Waals surface area (Å²) in [6.07, 6.45) is 24.8. The van der Waals surface area contributed by atoms with Crippen LogP contribution >= 0.6 is 0 Å². The van der Waals surface area contributed by atoms with Crippen molar-refractivity contribution in [2.45, 2.75) is 128 Å². The lowest BCUT2D eigenvalue weighted by Crippen LogP contribution is -2.01. The second-order valence-corrected chi connectivity index (χ2v) is 10.2. The van der Waals surface area contributed by atoms with Gasteiger partial charge in [0.2, 0.25) is 0 Å². The first-order chi connectivity index (χ1) is 16.7. The third-order valence-electron chi connectivity index (χ3n) is 7.19. The number of hydrogen-bond donors (Lipinski definition) is 2. The van der Waals surface area contributed by atoms with Gasteiger partial charge in [-0.15, -0.1) is 0 Å². The van der Waals surface area contributed by atoms with Gasteiger partial charge < -0.3 is 10.2 Å². The van der Waals surface area contributed by atoms with Crippen molar-refractivity contribution in [2.24, 2.45) is 0 Å². The van der Waals surface area contributed by atoms with Crippen molar-refractivity contribution in [1.29, 1.82) is 0 Å². The molecule has 0 saturated carbocycles. The molecule has 0 fully saturated rings. The van der Waals surface area contributed by atoms with Gasteiger partial charge in [-0.2, -0.15) is 0 Å². The number of phenolic OH excluding ortho intramolecular Hbond substituents is 2. The molecule has 2 rings (SSSR count). The van der Waals surface area contributed by atoms with Gasteiger partial charge in [0.1, 0.15) is 11.5 Å². The Hall–Kier alpha value is -1.96. The van der Waals surface area contributed by atoms with Crippen molar-refractivity contribution in [3.63, 3.8) is 0 Å². The first-order valence-electron chi connectivity index (χ1n) is 14.3. The van der Waals surface area contributed by atoms with Crippen LogP contribution in [-0.2, 0) is 0 Å². The van der Waals surface area contributed by atoms with Crippen LogP contribution in [0.2, 0.25) is 0 Å². The predicted molar refractivity (Wildman–Crippen MR) is 147 cm³/mol. The van der Waals surface area contributed by atoms with E-state index in [0.29, 0.717) is 17.4 Å². The molecule has 0 aliphatic heterocycles. The number of unbranched alkanes of at least 4 members (excludes halogenated alkanes) is 16. The maximum Gasteiger partial charge on any atom is 0.115 e. The predicted octanol–water partition coefficient (Wildman–Crippen LogP) is 10.3. The van der Waals surface area contributed by atoms with Crippen LogP contribution in [0.25, 0.3) is 0 Å². The van der Waals surface area contributed by atoms with Crippen LogP contribution in [0.3, 0.4) is 0 Å². The highest BCUT2D eigenvalue weighted by Crippen LogP contribution is 2.32. The van der Waals surface area contributed by atoms with Crippen LogP contribution in [0, 0.1) is 0 Å². The van der Waals surface area contributed by atoms with Crippen LogP contribution in [0.15, 0.2) is 48.5 Å². The summed E-state index contributed by atoms with van der Waals surface area (Å²) >= 11 is 0. The average molecular weight is 467 g/mol. The second-order valence-electron chi connectivity index (χ2n) is 10.2. The van der Waals surface area contributed by atoms with E-state index in [1.165, 1.54) is 120 Å². The Morgan fingerprint density at radius 1 is 0.441 bits per heavy atom. The molecule has 0 unspecified atom stereocenters. The summed E-state index contributed by atoms with van der Waals surface area (Å²) in [6, 6.07) is 15.2. The fourth-order valence-electron chi connectivity index (χ4n) is 5.01. The van der Waals surface area contributed by atoms with E-state index in [1.807, 2.05) is 24.3 Å². The minimum absolute atomic E-state index is 0.311. The van der Waals surface area contributed by atoms with Gasteiger partial charge in [0.05, 0.1) is 0 Å². The number of hydrogen-bond acceptors (Lipinski definition) is 2. The third kappa shape index (κ3) is 12.5. The van der Waals surface area contributed by atoms with E-state index in [4.69, 9.17) is 0 Å². The Balaban J connectivity index is 1.50. The van der Waals surface area contributed by atoms with Crippen LogP contribution in [-0.4, -0.2) is 10.2 Å². The van der Waals surface area contributed by atoms with E-state index < -0.39 is 0 Å². The molecule has 2 N–H and O–H groups in total. The maximum atomic E-state index is 9.64. The monoisotopic (exact) mass is 466 g/mol. The zero-order valence-corrected chi connectivity index (χ0v) is 21.8. The molecule has 0 amide bonds. The van der Waals surface area contributed by atoms with Gasteiger partial charge in [-0.1, -0.05) is 140 Å². The van der Waals surface area contributed by atoms with Crippen molar-refractivity contribution in [2.75, 3.05) is 0 Å². The molecule has 2 aromatic carbocycles. The van der Waals surface area contributed by atoms with Crippen molar-refractivity contribution in [3.05, 3.63) is 59.7 Å². The third-order valence-corrected chi connectivity index (χ3v) is 7.19. The second kappa shape index (κ2) is 18.4. The molecule has 2 heteroatoms. The fraction of sp³-hybridized carbons (Fsp3) is 0.625. The molecule has 0 aromatic heterocycles. The van der Waals surface area contributed by atoms with E-state index in [9.17, 15) is 10.2 Å². The van der Waals surface area contributed by atoms with Crippen molar-refractivity contribution >= 4 is 0 Å². The van der Waals surface area contributed by atoms with Crippen LogP contribution in [0.1, 0.15) is 140 Å². The molecular formula is C32H50O2. The number of benzene rings is 2. The average Bonchev–Trinajstić information content (AvgIpc) is 2.85. The molecule has 0 atom stereocenters. The summed E-state index contributed by atoms with van der Waals surface area (Å²) in [5, 5.41) is 19.3. The fourth-order valence-corrected chi connectivity index (χ4v) is 5.01. The molecule has 0 aliphatic carbocycles. The molecule has 0 heterocycles. The lowest BCUT2D eigenvalue weighted by Gasteiger charge is -2.18. The van der Waals surface area contributed by atoms with Crippen LogP contribution < -0.4 is 0 Å². The number of aromatic hydroxyl groups is 2. The number of rotatable bonds is 20. The molecule has 0 bridgehead atoms. The van der Waals surface area contributed by atoms with E-state index in [2.05, 4.69) is 6.92 Å². The Bertz CT molecular complexity index is 674. The topological polar surface area (TPSA) is 40.5 Å². The normalized spacial score (nSPS) is 11.4. The largest absolute Gasteiger partial charge is 0.508 e. The highest BCUT2D eigenvalue weighted by atomic mass is 16.3. The molecule has 0 radical (unpaired) electrons. The van der Waals surface area contributed by atoms with Crippen LogP contribution in [0.5, 0.6) is 11.5 Å². The molecule has 2 aromatic rings. The summed E-state index contributed by atoms with van der Waals surface area (Å²) in [7, 11) is 0. The van der Waals surface area contributed by atoms with E-state index >= 15 is 0 Å². The van der Waals surface area contributed by atoms with Crippen molar-refractivity contribution in [1.82, 2.24) is 0 Å². The zero-order chi connectivity index (χ0) is 24.3. The van der Waals surface area contributed by atoms with Gasteiger partial charge >= 0.3 is 0 Å². The van der Waals surface area contributed by atoms with Gasteiger partial charge in [-0.3, -0.25) is 0 Å². The lowest BCUT2D eigenvalue weighted by atomic mass is 9.86. The minimum atomic E-state index is 0.311. The molecule has 2 nitrogen and oxygen atoms in total. The Kier molecular flexibility index (Phi) is 15.3. The minimum Gasteiger partial charge on any atom is -0.508 e. The summed E-state index contributed by atoms with van der Waals surface area (Å²) < 4.78 is 0.